The van der Waals surface area contributed by atoms with Gasteiger partial charge in [-0.25, -0.2) is 9.37 Å². The Morgan fingerprint density at radius 3 is 3.00 bits per heavy atom. The first-order valence-electron chi connectivity index (χ1n) is 8.77. The monoisotopic (exact) mass is 404 g/mol. The number of fused-ring (bicyclic) bond motifs is 1. The molecule has 7 heteroatoms. The Labute approximate surface area is 165 Å². The first-order valence-corrected chi connectivity index (χ1v) is 9.97. The molecule has 0 N–H and O–H groups in total. The summed E-state index contributed by atoms with van der Waals surface area (Å²) >= 11 is 7.64. The van der Waals surface area contributed by atoms with Crippen molar-refractivity contribution in [2.45, 2.75) is 25.9 Å². The van der Waals surface area contributed by atoms with Crippen LogP contribution in [0, 0.1) is 12.7 Å². The Morgan fingerprint density at radius 1 is 1.41 bits per heavy atom. The van der Waals surface area contributed by atoms with Gasteiger partial charge in [0.25, 0.3) is 5.91 Å². The zero-order chi connectivity index (χ0) is 19.0. The Hall–Kier alpha value is -2.02. The molecule has 0 saturated carbocycles. The molecule has 1 fully saturated rings. The van der Waals surface area contributed by atoms with Gasteiger partial charge in [0.15, 0.2) is 5.13 Å². The van der Waals surface area contributed by atoms with E-state index >= 15 is 0 Å². The zero-order valence-corrected chi connectivity index (χ0v) is 16.3. The van der Waals surface area contributed by atoms with Crippen LogP contribution in [0.5, 0.6) is 0 Å². The van der Waals surface area contributed by atoms with Gasteiger partial charge in [-0.1, -0.05) is 29.0 Å². The number of carbonyl (C=O) groups excluding carboxylic acids is 1. The van der Waals surface area contributed by atoms with Crippen LogP contribution in [0.1, 0.15) is 28.8 Å². The maximum absolute atomic E-state index is 13.6. The van der Waals surface area contributed by atoms with Crippen LogP contribution in [-0.2, 0) is 4.74 Å². The van der Waals surface area contributed by atoms with Gasteiger partial charge in [0.05, 0.1) is 22.9 Å². The van der Waals surface area contributed by atoms with E-state index in [1.54, 1.807) is 11.0 Å². The molecule has 0 radical (unpaired) electrons. The van der Waals surface area contributed by atoms with Crippen molar-refractivity contribution in [3.63, 3.8) is 0 Å². The number of carbonyl (C=O) groups is 1. The topological polar surface area (TPSA) is 42.4 Å². The molecule has 27 heavy (non-hydrogen) atoms. The van der Waals surface area contributed by atoms with E-state index in [1.807, 2.05) is 19.1 Å². The standard InChI is InChI=1S/C20H18ClFN2O2S/c1-12-16(21)7-8-17-18(12)23-20(27-17)24(11-15-6-3-9-26-15)19(25)13-4-2-5-14(22)10-13/h2,4-5,7-8,10,15H,3,6,9,11H2,1H3. The van der Waals surface area contributed by atoms with Crippen LogP contribution in [0.15, 0.2) is 36.4 Å². The normalized spacial score (nSPS) is 16.8. The van der Waals surface area contributed by atoms with Crippen molar-refractivity contribution in [2.24, 2.45) is 0 Å². The number of thiazole rings is 1. The molecule has 1 unspecified atom stereocenters. The van der Waals surface area contributed by atoms with Crippen LogP contribution in [0.4, 0.5) is 9.52 Å². The summed E-state index contributed by atoms with van der Waals surface area (Å²) in [4.78, 5) is 19.4. The van der Waals surface area contributed by atoms with Crippen LogP contribution in [0.25, 0.3) is 10.2 Å². The average Bonchev–Trinajstić information content (AvgIpc) is 3.32. The highest BCUT2D eigenvalue weighted by atomic mass is 35.5. The van der Waals surface area contributed by atoms with E-state index in [0.717, 1.165) is 28.6 Å². The first kappa shape index (κ1) is 18.3. The summed E-state index contributed by atoms with van der Waals surface area (Å²) in [6, 6.07) is 9.46. The molecule has 0 spiro atoms. The molecular weight excluding hydrogens is 387 g/mol. The number of rotatable bonds is 4. The molecule has 140 valence electrons. The molecule has 0 bridgehead atoms. The third-order valence-corrected chi connectivity index (χ3v) is 6.15. The number of amides is 1. The number of hydrogen-bond donors (Lipinski definition) is 0. The smallest absolute Gasteiger partial charge is 0.260 e. The van der Waals surface area contributed by atoms with E-state index in [2.05, 4.69) is 4.98 Å². The van der Waals surface area contributed by atoms with Gasteiger partial charge >= 0.3 is 0 Å². The van der Waals surface area contributed by atoms with Crippen LogP contribution >= 0.6 is 22.9 Å². The average molecular weight is 405 g/mol. The molecule has 1 aliphatic rings. The van der Waals surface area contributed by atoms with Crippen LogP contribution in [0.2, 0.25) is 5.02 Å². The van der Waals surface area contributed by atoms with Crippen LogP contribution in [0.3, 0.4) is 0 Å². The summed E-state index contributed by atoms with van der Waals surface area (Å²) in [5.74, 6) is -0.724. The number of anilines is 1. The summed E-state index contributed by atoms with van der Waals surface area (Å²) in [6.45, 7) is 3.00. The number of aryl methyl sites for hydroxylation is 1. The number of ether oxygens (including phenoxy) is 1. The summed E-state index contributed by atoms with van der Waals surface area (Å²) in [5.41, 5.74) is 1.96. The number of hydrogen-bond acceptors (Lipinski definition) is 4. The second-order valence-electron chi connectivity index (χ2n) is 6.58. The SMILES string of the molecule is Cc1c(Cl)ccc2sc(N(CC3CCCO3)C(=O)c3cccc(F)c3)nc12. The highest BCUT2D eigenvalue weighted by Crippen LogP contribution is 2.34. The lowest BCUT2D eigenvalue weighted by atomic mass is 10.1. The van der Waals surface area contributed by atoms with Crippen molar-refractivity contribution < 1.29 is 13.9 Å². The third-order valence-electron chi connectivity index (χ3n) is 4.69. The predicted octanol–water partition coefficient (Wildman–Crippen LogP) is 5.22. The summed E-state index contributed by atoms with van der Waals surface area (Å²) in [6.07, 6.45) is 1.82. The van der Waals surface area contributed by atoms with Gasteiger partial charge in [-0.15, -0.1) is 0 Å². The van der Waals surface area contributed by atoms with Gasteiger partial charge in [-0.3, -0.25) is 9.69 Å². The lowest BCUT2D eigenvalue weighted by Gasteiger charge is -2.23. The second kappa shape index (κ2) is 7.54. The van der Waals surface area contributed by atoms with Gasteiger partial charge in [-0.05, 0) is 55.7 Å². The lowest BCUT2D eigenvalue weighted by Crippen LogP contribution is -2.37. The van der Waals surface area contributed by atoms with Crippen molar-refractivity contribution in [2.75, 3.05) is 18.1 Å². The van der Waals surface area contributed by atoms with Gasteiger partial charge < -0.3 is 4.74 Å². The number of benzene rings is 2. The molecule has 4 nitrogen and oxygen atoms in total. The van der Waals surface area contributed by atoms with Gasteiger partial charge in [-0.2, -0.15) is 0 Å². The maximum Gasteiger partial charge on any atom is 0.260 e. The number of aromatic nitrogens is 1. The number of nitrogens with zero attached hydrogens (tertiary/aromatic N) is 2. The third kappa shape index (κ3) is 3.70. The van der Waals surface area contributed by atoms with E-state index < -0.39 is 5.82 Å². The molecule has 2 aromatic carbocycles. The quantitative estimate of drug-likeness (QED) is 0.598. The van der Waals surface area contributed by atoms with Gasteiger partial charge in [0.1, 0.15) is 5.82 Å². The Morgan fingerprint density at radius 2 is 2.26 bits per heavy atom. The molecule has 0 aliphatic carbocycles. The largest absolute Gasteiger partial charge is 0.376 e. The van der Waals surface area contributed by atoms with E-state index in [1.165, 1.54) is 29.5 Å². The second-order valence-corrected chi connectivity index (χ2v) is 7.99. The predicted molar refractivity (Wildman–Crippen MR) is 106 cm³/mol. The van der Waals surface area contributed by atoms with E-state index in [4.69, 9.17) is 16.3 Å². The molecule has 2 heterocycles. The van der Waals surface area contributed by atoms with Gasteiger partial charge in [0, 0.05) is 17.2 Å². The Kier molecular flexibility index (Phi) is 5.12. The van der Waals surface area contributed by atoms with E-state index in [0.29, 0.717) is 28.9 Å². The highest BCUT2D eigenvalue weighted by molar-refractivity contribution is 7.22. The van der Waals surface area contributed by atoms with Crippen LogP contribution in [-0.4, -0.2) is 30.1 Å². The first-order chi connectivity index (χ1) is 13.0. The fraction of sp³-hybridized carbons (Fsp3) is 0.300. The van der Waals surface area contributed by atoms with Crippen molar-refractivity contribution >= 4 is 44.2 Å². The summed E-state index contributed by atoms with van der Waals surface area (Å²) < 4.78 is 20.3. The minimum atomic E-state index is -0.440. The van der Waals surface area contributed by atoms with Crippen LogP contribution < -0.4 is 4.90 Å². The molecule has 1 atom stereocenters. The fourth-order valence-corrected chi connectivity index (χ4v) is 4.41. The van der Waals surface area contributed by atoms with Gasteiger partial charge in [0.2, 0.25) is 0 Å². The minimum Gasteiger partial charge on any atom is -0.376 e. The zero-order valence-electron chi connectivity index (χ0n) is 14.7. The molecule has 1 saturated heterocycles. The van der Waals surface area contributed by atoms with Crippen molar-refractivity contribution in [1.82, 2.24) is 4.98 Å². The summed E-state index contributed by atoms with van der Waals surface area (Å²) in [7, 11) is 0. The lowest BCUT2D eigenvalue weighted by molar-refractivity contribution is 0.0917. The van der Waals surface area contributed by atoms with Crippen molar-refractivity contribution in [3.8, 4) is 0 Å². The molecular formula is C20H18ClFN2O2S. The fourth-order valence-electron chi connectivity index (χ4n) is 3.22. The van der Waals surface area contributed by atoms with E-state index in [9.17, 15) is 9.18 Å². The molecule has 1 aliphatic heterocycles. The maximum atomic E-state index is 13.6. The molecule has 4 rings (SSSR count). The molecule has 3 aromatic rings. The molecule has 1 aromatic heterocycles. The van der Waals surface area contributed by atoms with E-state index in [-0.39, 0.29) is 12.0 Å². The summed E-state index contributed by atoms with van der Waals surface area (Å²) in [5, 5.41) is 1.21. The molecule has 1 amide bonds. The minimum absolute atomic E-state index is 0.0424. The highest BCUT2D eigenvalue weighted by Gasteiger charge is 2.27. The Balaban J connectivity index is 1.75. The van der Waals surface area contributed by atoms with Crippen molar-refractivity contribution in [3.05, 3.63) is 58.4 Å². The van der Waals surface area contributed by atoms with Crippen molar-refractivity contribution in [1.29, 1.82) is 0 Å². The Bertz CT molecular complexity index is 1000. The number of halogens is 2.